The van der Waals surface area contributed by atoms with Gasteiger partial charge in [0.25, 0.3) is 0 Å². The third kappa shape index (κ3) is 3.47. The van der Waals surface area contributed by atoms with Crippen molar-refractivity contribution in [2.75, 3.05) is 25.0 Å². The fourth-order valence-corrected chi connectivity index (χ4v) is 3.82. The summed E-state index contributed by atoms with van der Waals surface area (Å²) in [6, 6.07) is 0. The van der Waals surface area contributed by atoms with Crippen LogP contribution in [0.25, 0.3) is 0 Å². The molecule has 1 aliphatic carbocycles. The number of amides is 2. The smallest absolute Gasteiger partial charge is 0.234 e. The van der Waals surface area contributed by atoms with E-state index in [4.69, 9.17) is 0 Å². The summed E-state index contributed by atoms with van der Waals surface area (Å²) in [5.41, 5.74) is 1.07. The zero-order valence-electron chi connectivity index (χ0n) is 12.9. The van der Waals surface area contributed by atoms with Gasteiger partial charge in [-0.15, -0.1) is 11.3 Å². The maximum Gasteiger partial charge on any atom is 0.234 e. The summed E-state index contributed by atoms with van der Waals surface area (Å²) in [4.78, 5) is 31.5. The average molecular weight is 322 g/mol. The molecule has 0 radical (unpaired) electrons. The normalized spacial score (nSPS) is 18.4. The van der Waals surface area contributed by atoms with Crippen molar-refractivity contribution < 1.29 is 9.59 Å². The largest absolute Gasteiger partial charge is 0.355 e. The topological polar surface area (TPSA) is 74.3 Å². The first-order valence-electron chi connectivity index (χ1n) is 7.94. The molecule has 1 aromatic rings. The summed E-state index contributed by atoms with van der Waals surface area (Å²) in [5, 5.41) is 6.48. The minimum atomic E-state index is 0.0639. The zero-order valence-corrected chi connectivity index (χ0v) is 13.7. The van der Waals surface area contributed by atoms with Crippen LogP contribution in [0.3, 0.4) is 0 Å². The molecule has 0 bridgehead atoms. The second kappa shape index (κ2) is 6.75. The molecule has 0 aromatic carbocycles. The van der Waals surface area contributed by atoms with Crippen LogP contribution in [0.2, 0.25) is 0 Å². The standard InChI is InChI=1S/C15H22N4O2S/c1-2-16-13(20)9-19-7-6-11-12(8-19)22-15(17-11)18-14(21)10-4-3-5-10/h10H,2-9H2,1H3,(H,16,20)(H,17,18,21). The predicted molar refractivity (Wildman–Crippen MR) is 85.7 cm³/mol. The lowest BCUT2D eigenvalue weighted by Gasteiger charge is -2.24. The fourth-order valence-electron chi connectivity index (χ4n) is 2.77. The second-order valence-electron chi connectivity index (χ2n) is 5.92. The Morgan fingerprint density at radius 2 is 2.23 bits per heavy atom. The number of likely N-dealkylation sites (N-methyl/N-ethyl adjacent to an activating group) is 1. The van der Waals surface area contributed by atoms with Gasteiger partial charge in [0.2, 0.25) is 11.8 Å². The Morgan fingerprint density at radius 1 is 1.41 bits per heavy atom. The van der Waals surface area contributed by atoms with Crippen LogP contribution in [0.4, 0.5) is 5.13 Å². The van der Waals surface area contributed by atoms with Gasteiger partial charge in [0.1, 0.15) is 0 Å². The molecule has 6 nitrogen and oxygen atoms in total. The lowest BCUT2D eigenvalue weighted by Crippen LogP contribution is -2.39. The number of hydrogen-bond acceptors (Lipinski definition) is 5. The summed E-state index contributed by atoms with van der Waals surface area (Å²) < 4.78 is 0. The number of fused-ring (bicyclic) bond motifs is 1. The quantitative estimate of drug-likeness (QED) is 0.859. The van der Waals surface area contributed by atoms with Gasteiger partial charge in [0.15, 0.2) is 5.13 Å². The van der Waals surface area contributed by atoms with E-state index in [1.54, 1.807) is 11.3 Å². The van der Waals surface area contributed by atoms with Gasteiger partial charge < -0.3 is 10.6 Å². The van der Waals surface area contributed by atoms with E-state index in [9.17, 15) is 9.59 Å². The highest BCUT2D eigenvalue weighted by molar-refractivity contribution is 7.15. The molecule has 7 heteroatoms. The van der Waals surface area contributed by atoms with Gasteiger partial charge in [-0.3, -0.25) is 14.5 Å². The third-order valence-corrected chi connectivity index (χ3v) is 5.26. The van der Waals surface area contributed by atoms with E-state index in [1.807, 2.05) is 6.92 Å². The minimum absolute atomic E-state index is 0.0639. The number of nitrogens with zero attached hydrogens (tertiary/aromatic N) is 2. The van der Waals surface area contributed by atoms with Gasteiger partial charge >= 0.3 is 0 Å². The molecule has 120 valence electrons. The van der Waals surface area contributed by atoms with E-state index in [-0.39, 0.29) is 17.7 Å². The van der Waals surface area contributed by atoms with Crippen LogP contribution in [0.5, 0.6) is 0 Å². The van der Waals surface area contributed by atoms with Crippen molar-refractivity contribution in [2.45, 2.75) is 39.2 Å². The number of thiazole rings is 1. The summed E-state index contributed by atoms with van der Waals surface area (Å²) in [6.45, 7) is 4.59. The van der Waals surface area contributed by atoms with Crippen LogP contribution < -0.4 is 10.6 Å². The van der Waals surface area contributed by atoms with Crippen LogP contribution >= 0.6 is 11.3 Å². The Kier molecular flexibility index (Phi) is 4.73. The monoisotopic (exact) mass is 322 g/mol. The summed E-state index contributed by atoms with van der Waals surface area (Å²) >= 11 is 1.54. The van der Waals surface area contributed by atoms with E-state index in [0.717, 1.165) is 44.5 Å². The van der Waals surface area contributed by atoms with Crippen molar-refractivity contribution in [1.82, 2.24) is 15.2 Å². The second-order valence-corrected chi connectivity index (χ2v) is 7.00. The van der Waals surface area contributed by atoms with Crippen molar-refractivity contribution in [3.63, 3.8) is 0 Å². The first kappa shape index (κ1) is 15.4. The number of aromatic nitrogens is 1. The molecule has 0 atom stereocenters. The number of rotatable bonds is 5. The molecule has 2 N–H and O–H groups in total. The SMILES string of the molecule is CCNC(=O)CN1CCc2nc(NC(=O)C3CCC3)sc2C1. The van der Waals surface area contributed by atoms with Crippen molar-refractivity contribution in [2.24, 2.45) is 5.92 Å². The Balaban J connectivity index is 1.57. The molecular weight excluding hydrogens is 300 g/mol. The molecule has 1 aliphatic heterocycles. The molecule has 2 amide bonds. The molecule has 2 heterocycles. The van der Waals surface area contributed by atoms with Gasteiger partial charge in [-0.25, -0.2) is 4.98 Å². The third-order valence-electron chi connectivity index (χ3n) is 4.26. The number of carbonyl (C=O) groups excluding carboxylic acids is 2. The Labute approximate surface area is 134 Å². The fraction of sp³-hybridized carbons (Fsp3) is 0.667. The summed E-state index contributed by atoms with van der Waals surface area (Å²) in [6.07, 6.45) is 3.99. The average Bonchev–Trinajstić information content (AvgIpc) is 2.78. The lowest BCUT2D eigenvalue weighted by atomic mass is 9.85. The first-order valence-corrected chi connectivity index (χ1v) is 8.76. The van der Waals surface area contributed by atoms with Crippen LogP contribution in [-0.2, 0) is 22.6 Å². The van der Waals surface area contributed by atoms with E-state index in [1.165, 1.54) is 4.88 Å². The zero-order chi connectivity index (χ0) is 15.5. The number of hydrogen-bond donors (Lipinski definition) is 2. The maximum atomic E-state index is 12.0. The summed E-state index contributed by atoms with van der Waals surface area (Å²) in [7, 11) is 0. The van der Waals surface area contributed by atoms with Gasteiger partial charge in [-0.2, -0.15) is 0 Å². The van der Waals surface area contributed by atoms with Crippen LogP contribution in [0, 0.1) is 5.92 Å². The van der Waals surface area contributed by atoms with Gasteiger partial charge in [-0.05, 0) is 19.8 Å². The minimum Gasteiger partial charge on any atom is -0.355 e. The van der Waals surface area contributed by atoms with Gasteiger partial charge in [-0.1, -0.05) is 6.42 Å². The van der Waals surface area contributed by atoms with Crippen LogP contribution in [0.1, 0.15) is 36.8 Å². The van der Waals surface area contributed by atoms with Crippen molar-refractivity contribution in [1.29, 1.82) is 0 Å². The highest BCUT2D eigenvalue weighted by Gasteiger charge is 2.27. The number of carbonyl (C=O) groups is 2. The molecule has 2 aliphatic rings. The molecule has 22 heavy (non-hydrogen) atoms. The van der Waals surface area contributed by atoms with Crippen LogP contribution in [0.15, 0.2) is 0 Å². The number of anilines is 1. The van der Waals surface area contributed by atoms with Gasteiger partial charge in [0.05, 0.1) is 12.2 Å². The Hall–Kier alpha value is -1.47. The van der Waals surface area contributed by atoms with Gasteiger partial charge in [0, 0.05) is 36.9 Å². The molecule has 1 fully saturated rings. The van der Waals surface area contributed by atoms with E-state index < -0.39 is 0 Å². The molecular formula is C15H22N4O2S. The number of nitrogens with one attached hydrogen (secondary N) is 2. The Morgan fingerprint density at radius 3 is 2.91 bits per heavy atom. The molecule has 0 unspecified atom stereocenters. The van der Waals surface area contributed by atoms with Crippen molar-refractivity contribution in [3.05, 3.63) is 10.6 Å². The summed E-state index contributed by atoms with van der Waals surface area (Å²) in [5.74, 6) is 0.348. The highest BCUT2D eigenvalue weighted by atomic mass is 32.1. The molecule has 0 saturated heterocycles. The van der Waals surface area contributed by atoms with Crippen molar-refractivity contribution in [3.8, 4) is 0 Å². The van der Waals surface area contributed by atoms with E-state index in [2.05, 4.69) is 20.5 Å². The molecule has 1 aromatic heterocycles. The maximum absolute atomic E-state index is 12.0. The Bertz CT molecular complexity index is 568. The first-order chi connectivity index (χ1) is 10.7. The lowest BCUT2D eigenvalue weighted by molar-refractivity contribution is -0.123. The van der Waals surface area contributed by atoms with Crippen LogP contribution in [-0.4, -0.2) is 41.3 Å². The predicted octanol–water partition coefficient (Wildman–Crippen LogP) is 1.38. The van der Waals surface area contributed by atoms with E-state index in [0.29, 0.717) is 18.2 Å². The van der Waals surface area contributed by atoms with Crippen molar-refractivity contribution >= 4 is 28.3 Å². The molecule has 3 rings (SSSR count). The molecule has 0 spiro atoms. The molecule has 1 saturated carbocycles. The van der Waals surface area contributed by atoms with E-state index >= 15 is 0 Å². The highest BCUT2D eigenvalue weighted by Crippen LogP contribution is 2.31.